The molecule has 2 amide bonds. The number of aryl methyl sites for hydroxylation is 2. The maximum absolute atomic E-state index is 13.6. The Bertz CT molecular complexity index is 836. The quantitative estimate of drug-likeness (QED) is 0.741. The van der Waals surface area contributed by atoms with Crippen LogP contribution in [0.3, 0.4) is 0 Å². The van der Waals surface area contributed by atoms with Crippen LogP contribution in [0.25, 0.3) is 0 Å². The minimum atomic E-state index is -0.306. The standard InChI is InChI=1S/C22H29FN4O2/c1-17-10-12-25-27(17)14-11-22(29)26-13-4-5-18(16-26)8-9-21(28)24-15-19-6-2-3-7-20(19)23/h2-3,6-7,10,12,18H,4-5,8-9,11,13-16H2,1H3,(H,24,28)/t18-/m1/s1. The van der Waals surface area contributed by atoms with Crippen molar-refractivity contribution in [3.05, 3.63) is 53.6 Å². The van der Waals surface area contributed by atoms with E-state index in [0.29, 0.717) is 37.4 Å². The summed E-state index contributed by atoms with van der Waals surface area (Å²) in [5, 5.41) is 7.00. The van der Waals surface area contributed by atoms with E-state index < -0.39 is 0 Å². The van der Waals surface area contributed by atoms with E-state index in [0.717, 1.165) is 31.5 Å². The van der Waals surface area contributed by atoms with E-state index in [1.807, 2.05) is 22.6 Å². The Labute approximate surface area is 171 Å². The molecule has 3 rings (SSSR count). The van der Waals surface area contributed by atoms with Crippen molar-refractivity contribution in [3.8, 4) is 0 Å². The molecule has 156 valence electrons. The second-order valence-corrected chi connectivity index (χ2v) is 7.70. The number of carbonyl (C=O) groups excluding carboxylic acids is 2. The summed E-state index contributed by atoms with van der Waals surface area (Å²) < 4.78 is 15.5. The van der Waals surface area contributed by atoms with Crippen LogP contribution in [0, 0.1) is 18.7 Å². The molecule has 1 aromatic carbocycles. The fourth-order valence-corrected chi connectivity index (χ4v) is 3.78. The molecule has 6 nitrogen and oxygen atoms in total. The van der Waals surface area contributed by atoms with Gasteiger partial charge in [-0.2, -0.15) is 5.10 Å². The zero-order chi connectivity index (χ0) is 20.6. The van der Waals surface area contributed by atoms with Gasteiger partial charge in [0.15, 0.2) is 0 Å². The number of rotatable bonds is 8. The Hall–Kier alpha value is -2.70. The Morgan fingerprint density at radius 1 is 1.24 bits per heavy atom. The molecule has 29 heavy (non-hydrogen) atoms. The van der Waals surface area contributed by atoms with Crippen LogP contribution in [0.5, 0.6) is 0 Å². The molecule has 2 aromatic rings. The second kappa shape index (κ2) is 10.2. The molecule has 0 aliphatic carbocycles. The van der Waals surface area contributed by atoms with Crippen LogP contribution in [0.1, 0.15) is 43.4 Å². The molecule has 0 radical (unpaired) electrons. The van der Waals surface area contributed by atoms with Gasteiger partial charge in [0.2, 0.25) is 11.8 Å². The third kappa shape index (κ3) is 6.14. The van der Waals surface area contributed by atoms with E-state index >= 15 is 0 Å². The van der Waals surface area contributed by atoms with Gasteiger partial charge in [0.1, 0.15) is 5.82 Å². The van der Waals surface area contributed by atoms with Gasteiger partial charge in [-0.1, -0.05) is 18.2 Å². The number of halogens is 1. The first-order valence-corrected chi connectivity index (χ1v) is 10.3. The number of likely N-dealkylation sites (tertiary alicyclic amines) is 1. The first-order chi connectivity index (χ1) is 14.0. The summed E-state index contributed by atoms with van der Waals surface area (Å²) in [6.45, 7) is 4.26. The highest BCUT2D eigenvalue weighted by Gasteiger charge is 2.24. The molecule has 1 N–H and O–H groups in total. The second-order valence-electron chi connectivity index (χ2n) is 7.70. The number of aromatic nitrogens is 2. The average Bonchev–Trinajstić information content (AvgIpc) is 3.15. The number of piperidine rings is 1. The van der Waals surface area contributed by atoms with Crippen LogP contribution in [-0.4, -0.2) is 39.6 Å². The summed E-state index contributed by atoms with van der Waals surface area (Å²) in [5.74, 6) is 0.0948. The van der Waals surface area contributed by atoms with Gasteiger partial charge in [0.25, 0.3) is 0 Å². The molecule has 1 atom stereocenters. The van der Waals surface area contributed by atoms with E-state index in [2.05, 4.69) is 10.4 Å². The average molecular weight is 400 g/mol. The van der Waals surface area contributed by atoms with Crippen molar-refractivity contribution < 1.29 is 14.0 Å². The zero-order valence-electron chi connectivity index (χ0n) is 16.9. The molecule has 2 heterocycles. The van der Waals surface area contributed by atoms with Gasteiger partial charge < -0.3 is 10.2 Å². The number of hydrogen-bond acceptors (Lipinski definition) is 3. The van der Waals surface area contributed by atoms with Crippen LogP contribution in [-0.2, 0) is 22.7 Å². The van der Waals surface area contributed by atoms with E-state index in [-0.39, 0.29) is 24.2 Å². The molecule has 0 unspecified atom stereocenters. The van der Waals surface area contributed by atoms with E-state index in [4.69, 9.17) is 0 Å². The monoisotopic (exact) mass is 400 g/mol. The normalized spacial score (nSPS) is 16.6. The molecule has 0 bridgehead atoms. The smallest absolute Gasteiger partial charge is 0.224 e. The highest BCUT2D eigenvalue weighted by atomic mass is 19.1. The van der Waals surface area contributed by atoms with Gasteiger partial charge in [-0.3, -0.25) is 14.3 Å². The van der Waals surface area contributed by atoms with Crippen molar-refractivity contribution in [1.82, 2.24) is 20.0 Å². The third-order valence-corrected chi connectivity index (χ3v) is 5.55. The lowest BCUT2D eigenvalue weighted by atomic mass is 9.93. The van der Waals surface area contributed by atoms with Crippen molar-refractivity contribution in [2.45, 2.75) is 52.1 Å². The minimum Gasteiger partial charge on any atom is -0.352 e. The molecular formula is C22H29FN4O2. The molecule has 0 saturated carbocycles. The number of benzene rings is 1. The third-order valence-electron chi connectivity index (χ3n) is 5.55. The first-order valence-electron chi connectivity index (χ1n) is 10.3. The summed E-state index contributed by atoms with van der Waals surface area (Å²) >= 11 is 0. The predicted molar refractivity (Wildman–Crippen MR) is 108 cm³/mol. The SMILES string of the molecule is Cc1ccnn1CCC(=O)N1CCC[C@H](CCC(=O)NCc2ccccc2F)C1. The molecule has 1 aliphatic rings. The van der Waals surface area contributed by atoms with Crippen molar-refractivity contribution in [3.63, 3.8) is 0 Å². The van der Waals surface area contributed by atoms with Gasteiger partial charge in [-0.05, 0) is 44.2 Å². The molecular weight excluding hydrogens is 371 g/mol. The van der Waals surface area contributed by atoms with Crippen molar-refractivity contribution >= 4 is 11.8 Å². The minimum absolute atomic E-state index is 0.0779. The van der Waals surface area contributed by atoms with Gasteiger partial charge in [0.05, 0.1) is 0 Å². The maximum Gasteiger partial charge on any atom is 0.224 e. The van der Waals surface area contributed by atoms with Crippen LogP contribution in [0.2, 0.25) is 0 Å². The molecule has 1 aliphatic heterocycles. The van der Waals surface area contributed by atoms with Gasteiger partial charge >= 0.3 is 0 Å². The molecule has 1 fully saturated rings. The summed E-state index contributed by atoms with van der Waals surface area (Å²) in [5.41, 5.74) is 1.54. The van der Waals surface area contributed by atoms with Crippen LogP contribution in [0.4, 0.5) is 4.39 Å². The number of hydrogen-bond donors (Lipinski definition) is 1. The Balaban J connectivity index is 1.38. The van der Waals surface area contributed by atoms with Gasteiger partial charge in [0, 0.05) is 56.5 Å². The van der Waals surface area contributed by atoms with Crippen LogP contribution in [0.15, 0.2) is 36.5 Å². The van der Waals surface area contributed by atoms with Gasteiger partial charge in [-0.15, -0.1) is 0 Å². The highest BCUT2D eigenvalue weighted by molar-refractivity contribution is 5.76. The summed E-state index contributed by atoms with van der Waals surface area (Å²) in [4.78, 5) is 26.6. The molecule has 1 saturated heterocycles. The molecule has 7 heteroatoms. The van der Waals surface area contributed by atoms with Crippen LogP contribution >= 0.6 is 0 Å². The predicted octanol–water partition coefficient (Wildman–Crippen LogP) is 3.06. The van der Waals surface area contributed by atoms with Crippen molar-refractivity contribution in [1.29, 1.82) is 0 Å². The van der Waals surface area contributed by atoms with E-state index in [1.54, 1.807) is 24.4 Å². The topological polar surface area (TPSA) is 67.2 Å². The van der Waals surface area contributed by atoms with Crippen LogP contribution < -0.4 is 5.32 Å². The van der Waals surface area contributed by atoms with E-state index in [1.165, 1.54) is 6.07 Å². The summed E-state index contributed by atoms with van der Waals surface area (Å²) in [7, 11) is 0. The Kier molecular flexibility index (Phi) is 7.38. The zero-order valence-corrected chi connectivity index (χ0v) is 16.9. The number of amides is 2. The largest absolute Gasteiger partial charge is 0.352 e. The number of nitrogens with zero attached hydrogens (tertiary/aromatic N) is 3. The lowest BCUT2D eigenvalue weighted by Gasteiger charge is -2.33. The molecule has 0 spiro atoms. The molecule has 1 aromatic heterocycles. The van der Waals surface area contributed by atoms with Gasteiger partial charge in [-0.25, -0.2) is 4.39 Å². The fourth-order valence-electron chi connectivity index (χ4n) is 3.78. The Morgan fingerprint density at radius 2 is 2.07 bits per heavy atom. The van der Waals surface area contributed by atoms with Crippen molar-refractivity contribution in [2.24, 2.45) is 5.92 Å². The maximum atomic E-state index is 13.6. The lowest BCUT2D eigenvalue weighted by Crippen LogP contribution is -2.40. The summed E-state index contributed by atoms with van der Waals surface area (Å²) in [6.07, 6.45) is 5.32. The highest BCUT2D eigenvalue weighted by Crippen LogP contribution is 2.21. The first kappa shape index (κ1) is 21.0. The lowest BCUT2D eigenvalue weighted by molar-refractivity contribution is -0.133. The fraction of sp³-hybridized carbons (Fsp3) is 0.500. The van der Waals surface area contributed by atoms with Crippen molar-refractivity contribution in [2.75, 3.05) is 13.1 Å². The number of nitrogens with one attached hydrogen (secondary N) is 1. The Morgan fingerprint density at radius 3 is 2.83 bits per heavy atom. The summed E-state index contributed by atoms with van der Waals surface area (Å²) in [6, 6.07) is 8.38. The van der Waals surface area contributed by atoms with E-state index in [9.17, 15) is 14.0 Å². The number of carbonyl (C=O) groups is 2.